The van der Waals surface area contributed by atoms with Crippen molar-refractivity contribution in [1.29, 1.82) is 0 Å². The van der Waals surface area contributed by atoms with E-state index in [1.54, 1.807) is 0 Å². The zero-order valence-corrected chi connectivity index (χ0v) is 13.0. The molecule has 1 fully saturated rings. The Balaban J connectivity index is 2.04. The van der Waals surface area contributed by atoms with Crippen LogP contribution in [0.4, 0.5) is 0 Å². The Morgan fingerprint density at radius 3 is 2.62 bits per heavy atom. The lowest BCUT2D eigenvalue weighted by atomic mass is 9.76. The Morgan fingerprint density at radius 2 is 1.95 bits per heavy atom. The molecule has 1 aromatic carbocycles. The van der Waals surface area contributed by atoms with Gasteiger partial charge in [0.25, 0.3) is 0 Å². The number of aryl methyl sites for hydroxylation is 1. The summed E-state index contributed by atoms with van der Waals surface area (Å²) >= 11 is 0. The summed E-state index contributed by atoms with van der Waals surface area (Å²) in [6, 6.07) is 8.24. The zero-order valence-electron chi connectivity index (χ0n) is 13.0. The first-order valence-corrected chi connectivity index (χ1v) is 7.70. The third kappa shape index (κ3) is 2.46. The number of para-hydroxylation sites is 1. The van der Waals surface area contributed by atoms with Crippen molar-refractivity contribution in [2.45, 2.75) is 45.1 Å². The molecule has 21 heavy (non-hydrogen) atoms. The summed E-state index contributed by atoms with van der Waals surface area (Å²) in [6.07, 6.45) is 4.58. The Labute approximate surface area is 125 Å². The van der Waals surface area contributed by atoms with Gasteiger partial charge in [0, 0.05) is 0 Å². The van der Waals surface area contributed by atoms with Gasteiger partial charge in [0.15, 0.2) is 5.82 Å². The number of tetrazole rings is 1. The smallest absolute Gasteiger partial charge is 0.176 e. The molecule has 1 saturated carbocycles. The maximum absolute atomic E-state index is 4.36. The van der Waals surface area contributed by atoms with Gasteiger partial charge >= 0.3 is 0 Å². The lowest BCUT2D eigenvalue weighted by Gasteiger charge is -2.38. The molecule has 0 radical (unpaired) electrons. The molecule has 2 aromatic rings. The monoisotopic (exact) mass is 285 g/mol. The normalized spacial score (nSPS) is 26.0. The minimum absolute atomic E-state index is 0.113. The summed E-state index contributed by atoms with van der Waals surface area (Å²) < 4.78 is 1.90. The van der Waals surface area contributed by atoms with Crippen molar-refractivity contribution in [3.63, 3.8) is 0 Å². The molecule has 0 unspecified atom stereocenters. The fraction of sp³-hybridized carbons (Fsp3) is 0.562. The standard InChI is InChI=1S/C16H23N5/c1-12-8-10-16(17-3,11-9-12)15-18-19-20-21(15)14-7-5-4-6-13(14)2/h4-7,12,17H,8-11H2,1-3H3. The summed E-state index contributed by atoms with van der Waals surface area (Å²) in [5.41, 5.74) is 2.13. The van der Waals surface area contributed by atoms with Crippen LogP contribution in [-0.4, -0.2) is 27.3 Å². The van der Waals surface area contributed by atoms with Crippen molar-refractivity contribution in [3.8, 4) is 5.69 Å². The van der Waals surface area contributed by atoms with E-state index in [2.05, 4.69) is 46.8 Å². The number of hydrogen-bond donors (Lipinski definition) is 1. The molecule has 5 nitrogen and oxygen atoms in total. The van der Waals surface area contributed by atoms with E-state index in [0.29, 0.717) is 0 Å². The lowest BCUT2D eigenvalue weighted by Crippen LogP contribution is -2.45. The molecule has 0 bridgehead atoms. The fourth-order valence-corrected chi connectivity index (χ4v) is 3.29. The van der Waals surface area contributed by atoms with Gasteiger partial charge in [-0.1, -0.05) is 25.1 Å². The fourth-order valence-electron chi connectivity index (χ4n) is 3.29. The quantitative estimate of drug-likeness (QED) is 0.942. The highest BCUT2D eigenvalue weighted by Gasteiger charge is 2.39. The number of nitrogens with zero attached hydrogens (tertiary/aromatic N) is 4. The topological polar surface area (TPSA) is 55.6 Å². The van der Waals surface area contributed by atoms with Crippen LogP contribution in [0.2, 0.25) is 0 Å². The second kappa shape index (κ2) is 5.56. The van der Waals surface area contributed by atoms with Crippen LogP contribution >= 0.6 is 0 Å². The van der Waals surface area contributed by atoms with Crippen LogP contribution in [0.25, 0.3) is 5.69 Å². The lowest BCUT2D eigenvalue weighted by molar-refractivity contribution is 0.194. The molecular weight excluding hydrogens is 262 g/mol. The number of aromatic nitrogens is 4. The Kier molecular flexibility index (Phi) is 3.76. The Morgan fingerprint density at radius 1 is 1.24 bits per heavy atom. The Hall–Kier alpha value is -1.75. The second-order valence-electron chi connectivity index (χ2n) is 6.22. The van der Waals surface area contributed by atoms with Gasteiger partial charge in [-0.05, 0) is 67.6 Å². The van der Waals surface area contributed by atoms with Crippen LogP contribution in [0.5, 0.6) is 0 Å². The highest BCUT2D eigenvalue weighted by atomic mass is 15.6. The second-order valence-corrected chi connectivity index (χ2v) is 6.22. The van der Waals surface area contributed by atoms with Gasteiger partial charge in [0.1, 0.15) is 0 Å². The average molecular weight is 285 g/mol. The summed E-state index contributed by atoms with van der Waals surface area (Å²) in [6.45, 7) is 4.42. The first kappa shape index (κ1) is 14.2. The predicted molar refractivity (Wildman–Crippen MR) is 82.3 cm³/mol. The number of rotatable bonds is 3. The van der Waals surface area contributed by atoms with Crippen molar-refractivity contribution in [3.05, 3.63) is 35.7 Å². The van der Waals surface area contributed by atoms with Gasteiger partial charge in [-0.15, -0.1) is 5.10 Å². The number of benzene rings is 1. The van der Waals surface area contributed by atoms with Crippen LogP contribution in [0.3, 0.4) is 0 Å². The van der Waals surface area contributed by atoms with E-state index >= 15 is 0 Å². The number of nitrogens with one attached hydrogen (secondary N) is 1. The van der Waals surface area contributed by atoms with Gasteiger partial charge < -0.3 is 5.32 Å². The van der Waals surface area contributed by atoms with Gasteiger partial charge in [-0.25, -0.2) is 0 Å². The van der Waals surface area contributed by atoms with Crippen molar-refractivity contribution in [2.24, 2.45) is 5.92 Å². The van der Waals surface area contributed by atoms with Gasteiger partial charge in [-0.2, -0.15) is 4.68 Å². The van der Waals surface area contributed by atoms with E-state index in [1.165, 1.54) is 18.4 Å². The van der Waals surface area contributed by atoms with Crippen molar-refractivity contribution < 1.29 is 0 Å². The molecule has 0 aliphatic heterocycles. The molecule has 112 valence electrons. The number of hydrogen-bond acceptors (Lipinski definition) is 4. The van der Waals surface area contributed by atoms with Crippen LogP contribution in [0.1, 0.15) is 44.0 Å². The predicted octanol–water partition coefficient (Wildman–Crippen LogP) is 2.60. The molecule has 0 spiro atoms. The van der Waals surface area contributed by atoms with E-state index in [-0.39, 0.29) is 5.54 Å². The van der Waals surface area contributed by atoms with E-state index in [4.69, 9.17) is 0 Å². The molecule has 0 amide bonds. The Bertz CT molecular complexity index is 611. The first-order chi connectivity index (χ1) is 10.2. The maximum Gasteiger partial charge on any atom is 0.176 e. The van der Waals surface area contributed by atoms with Crippen LogP contribution in [-0.2, 0) is 5.54 Å². The minimum Gasteiger partial charge on any atom is -0.308 e. The van der Waals surface area contributed by atoms with E-state index in [9.17, 15) is 0 Å². The van der Waals surface area contributed by atoms with Gasteiger partial charge in [-0.3, -0.25) is 0 Å². The molecule has 1 aliphatic carbocycles. The van der Waals surface area contributed by atoms with E-state index in [1.807, 2.05) is 23.9 Å². The van der Waals surface area contributed by atoms with Crippen molar-refractivity contribution >= 4 is 0 Å². The summed E-state index contributed by atoms with van der Waals surface area (Å²) in [7, 11) is 2.02. The maximum atomic E-state index is 4.36. The van der Waals surface area contributed by atoms with Gasteiger partial charge in [0.2, 0.25) is 0 Å². The third-order valence-electron chi connectivity index (χ3n) is 4.85. The summed E-state index contributed by atoms with van der Waals surface area (Å²) in [5, 5.41) is 16.1. The molecule has 1 aromatic heterocycles. The van der Waals surface area contributed by atoms with Crippen molar-refractivity contribution in [1.82, 2.24) is 25.5 Å². The van der Waals surface area contributed by atoms with Crippen LogP contribution < -0.4 is 5.32 Å². The molecule has 3 rings (SSSR count). The molecule has 1 N–H and O–H groups in total. The first-order valence-electron chi connectivity index (χ1n) is 7.70. The SMILES string of the molecule is CNC1(c2nnnn2-c2ccccc2C)CCC(C)CC1. The third-order valence-corrected chi connectivity index (χ3v) is 4.85. The molecule has 1 heterocycles. The molecule has 0 saturated heterocycles. The summed E-state index contributed by atoms with van der Waals surface area (Å²) in [5.74, 6) is 1.72. The van der Waals surface area contributed by atoms with E-state index < -0.39 is 0 Å². The van der Waals surface area contributed by atoms with E-state index in [0.717, 1.165) is 30.3 Å². The molecular formula is C16H23N5. The van der Waals surface area contributed by atoms with Gasteiger partial charge in [0.05, 0.1) is 11.2 Å². The zero-order chi connectivity index (χ0) is 14.9. The minimum atomic E-state index is -0.113. The summed E-state index contributed by atoms with van der Waals surface area (Å²) in [4.78, 5) is 0. The van der Waals surface area contributed by atoms with Crippen LogP contribution in [0, 0.1) is 12.8 Å². The molecule has 0 atom stereocenters. The van der Waals surface area contributed by atoms with Crippen molar-refractivity contribution in [2.75, 3.05) is 7.05 Å². The van der Waals surface area contributed by atoms with Crippen LogP contribution in [0.15, 0.2) is 24.3 Å². The highest BCUT2D eigenvalue weighted by molar-refractivity contribution is 5.40. The molecule has 1 aliphatic rings. The highest BCUT2D eigenvalue weighted by Crippen LogP contribution is 2.38. The average Bonchev–Trinajstić information content (AvgIpc) is 2.99. The molecule has 5 heteroatoms. The largest absolute Gasteiger partial charge is 0.308 e.